The maximum absolute atomic E-state index is 12.9. The third-order valence-corrected chi connectivity index (χ3v) is 7.40. The number of allylic oxidation sites excluding steroid dienone is 1. The number of nitrogens with two attached hydrogens (primary N) is 1. The summed E-state index contributed by atoms with van der Waals surface area (Å²) in [7, 11) is 4.51. The van der Waals surface area contributed by atoms with Crippen LogP contribution in [0.25, 0.3) is 6.08 Å². The van der Waals surface area contributed by atoms with Crippen LogP contribution in [0.4, 0.5) is 5.13 Å². The van der Waals surface area contributed by atoms with Crippen LogP contribution in [0.5, 0.6) is 0 Å². The fourth-order valence-corrected chi connectivity index (χ4v) is 5.44. The van der Waals surface area contributed by atoms with Gasteiger partial charge in [-0.25, -0.2) is 9.78 Å². The molecule has 2 aliphatic rings. The van der Waals surface area contributed by atoms with E-state index in [1.54, 1.807) is 20.2 Å². The zero-order valence-electron chi connectivity index (χ0n) is 21.4. The minimum absolute atomic E-state index is 0. The van der Waals surface area contributed by atoms with Gasteiger partial charge in [-0.2, -0.15) is 0 Å². The van der Waals surface area contributed by atoms with E-state index < -0.39 is 29.2 Å². The number of aliphatic imine (C=N–C) groups is 1. The van der Waals surface area contributed by atoms with E-state index in [1.165, 1.54) is 41.3 Å². The number of rotatable bonds is 9. The first-order chi connectivity index (χ1) is 18.1. The number of hydrogen-bond acceptors (Lipinski definition) is 13. The third-order valence-electron chi connectivity index (χ3n) is 5.44. The standard InChI is InChI=1S/C22H23N7O7S2.Na/c1-28(2)14(30)7-11-6-12(36-26-11)5-4-10-8-37-20-16(19(32)29(20)17(10)21(33)34)25-18(31)15(27-35-3)13-9-38-22(23)24-13;/h4-6,9,16,20H,7-8H2,1-3H3,(H2,23,24)(H,25,31)(H,33,34);/q;+1/p-1/b5-4+,27-15-;. The van der Waals surface area contributed by atoms with Gasteiger partial charge in [0.05, 0.1) is 12.1 Å². The Hall–Kier alpha value is -3.18. The normalized spacial score (nSPS) is 19.5. The number of aliphatic carboxylic acids is 1. The van der Waals surface area contributed by atoms with Crippen molar-refractivity contribution in [3.63, 3.8) is 0 Å². The number of carboxylic acids is 1. The summed E-state index contributed by atoms with van der Waals surface area (Å²) in [5.41, 5.74) is 6.14. The molecule has 1 fully saturated rings. The molecule has 0 aromatic carbocycles. The van der Waals surface area contributed by atoms with Crippen molar-refractivity contribution in [2.75, 3.05) is 32.7 Å². The Balaban J connectivity index is 0.00000420. The number of aromatic nitrogens is 2. The SMILES string of the molecule is CO/N=C(\C([O-])=NC1C(=O)N2C(C(=O)O)=C(/C=C/c3cc(CC(=O)N(C)C)no3)CSC12)c1csc(N)n1.[Na+]. The van der Waals surface area contributed by atoms with Gasteiger partial charge < -0.3 is 30.2 Å². The molecule has 2 amide bonds. The number of anilines is 1. The number of fused-ring (bicyclic) bond motifs is 1. The van der Waals surface area contributed by atoms with Crippen LogP contribution in [0.15, 0.2) is 43.5 Å². The van der Waals surface area contributed by atoms with Crippen LogP contribution in [0.3, 0.4) is 0 Å². The van der Waals surface area contributed by atoms with E-state index in [2.05, 4.69) is 20.3 Å². The van der Waals surface area contributed by atoms with Crippen LogP contribution in [0, 0.1) is 0 Å². The number of likely N-dealkylation sites (N-methyl/N-ethyl adjacent to an activating group) is 1. The van der Waals surface area contributed by atoms with E-state index >= 15 is 0 Å². The summed E-state index contributed by atoms with van der Waals surface area (Å²) in [4.78, 5) is 52.1. The summed E-state index contributed by atoms with van der Waals surface area (Å²) in [5, 5.41) is 31.2. The minimum Gasteiger partial charge on any atom is -0.857 e. The molecule has 0 spiro atoms. The van der Waals surface area contributed by atoms with Crippen molar-refractivity contribution in [1.29, 1.82) is 0 Å². The molecule has 17 heteroatoms. The monoisotopic (exact) mass is 583 g/mol. The summed E-state index contributed by atoms with van der Waals surface area (Å²) in [6.45, 7) is 0. The number of nitrogen functional groups attached to an aromatic ring is 1. The number of β-lactam (4-membered cyclic amide) rings is 1. The predicted molar refractivity (Wildman–Crippen MR) is 137 cm³/mol. The molecule has 3 N–H and O–H groups in total. The molecule has 39 heavy (non-hydrogen) atoms. The molecule has 2 aromatic heterocycles. The van der Waals surface area contributed by atoms with Crippen LogP contribution < -0.4 is 40.4 Å². The zero-order chi connectivity index (χ0) is 27.6. The largest absolute Gasteiger partial charge is 1.00 e. The van der Waals surface area contributed by atoms with E-state index in [-0.39, 0.29) is 69.9 Å². The average Bonchev–Trinajstić information content (AvgIpc) is 3.51. The van der Waals surface area contributed by atoms with Crippen molar-refractivity contribution >= 4 is 63.7 Å². The Morgan fingerprint density at radius 2 is 2.15 bits per heavy atom. The summed E-state index contributed by atoms with van der Waals surface area (Å²) in [6.07, 6.45) is 3.09. The molecule has 0 aliphatic carbocycles. The van der Waals surface area contributed by atoms with Gasteiger partial charge in [0.1, 0.15) is 29.6 Å². The first-order valence-corrected chi connectivity index (χ1v) is 12.9. The summed E-state index contributed by atoms with van der Waals surface area (Å²) >= 11 is 2.36. The van der Waals surface area contributed by atoms with Crippen LogP contribution in [0.1, 0.15) is 17.1 Å². The number of hydrogen-bond donors (Lipinski definition) is 2. The molecular formula is C22H22N7NaO7S2. The smallest absolute Gasteiger partial charge is 0.857 e. The van der Waals surface area contributed by atoms with Gasteiger partial charge in [0.2, 0.25) is 5.91 Å². The van der Waals surface area contributed by atoms with Gasteiger partial charge in [-0.15, -0.1) is 23.1 Å². The van der Waals surface area contributed by atoms with Crippen molar-refractivity contribution in [2.24, 2.45) is 10.1 Å². The predicted octanol–water partition coefficient (Wildman–Crippen LogP) is -3.21. The second-order valence-corrected chi connectivity index (χ2v) is 10.2. The van der Waals surface area contributed by atoms with Crippen molar-refractivity contribution < 1.29 is 63.5 Å². The Bertz CT molecular complexity index is 1400. The Kier molecular flexibility index (Phi) is 9.95. The first-order valence-electron chi connectivity index (χ1n) is 10.9. The van der Waals surface area contributed by atoms with Crippen LogP contribution >= 0.6 is 23.1 Å². The van der Waals surface area contributed by atoms with Crippen molar-refractivity contribution in [3.8, 4) is 0 Å². The number of amides is 2. The van der Waals surface area contributed by atoms with E-state index in [0.717, 1.165) is 16.2 Å². The van der Waals surface area contributed by atoms with Gasteiger partial charge >= 0.3 is 35.5 Å². The zero-order valence-corrected chi connectivity index (χ0v) is 25.0. The minimum atomic E-state index is -1.30. The van der Waals surface area contributed by atoms with Crippen LogP contribution in [-0.4, -0.2) is 92.8 Å². The number of nitrogens with zero attached hydrogens (tertiary/aromatic N) is 6. The number of thiazole rings is 1. The van der Waals surface area contributed by atoms with Gasteiger partial charge in [-0.3, -0.25) is 19.5 Å². The molecule has 1 saturated heterocycles. The molecule has 0 radical (unpaired) electrons. The molecule has 2 aromatic rings. The number of thioether (sulfide) groups is 1. The second-order valence-electron chi connectivity index (χ2n) is 8.18. The van der Waals surface area contributed by atoms with Crippen molar-refractivity contribution in [3.05, 3.63) is 45.9 Å². The van der Waals surface area contributed by atoms with Crippen molar-refractivity contribution in [1.82, 2.24) is 19.9 Å². The number of carboxylic acid groups (broad SMARTS) is 1. The molecule has 4 rings (SSSR count). The number of carbonyl (C=O) groups excluding carboxylic acids is 2. The summed E-state index contributed by atoms with van der Waals surface area (Å²) < 4.78 is 5.21. The molecule has 2 unspecified atom stereocenters. The Morgan fingerprint density at radius 3 is 2.77 bits per heavy atom. The molecular weight excluding hydrogens is 561 g/mol. The molecule has 200 valence electrons. The van der Waals surface area contributed by atoms with Crippen LogP contribution in [-0.2, 0) is 25.6 Å². The molecule has 2 aliphatic heterocycles. The van der Waals surface area contributed by atoms with E-state index in [0.29, 0.717) is 17.0 Å². The third kappa shape index (κ3) is 6.52. The molecule has 4 heterocycles. The molecule has 2 atom stereocenters. The molecule has 0 saturated carbocycles. The molecule has 14 nitrogen and oxygen atoms in total. The van der Waals surface area contributed by atoms with Crippen molar-refractivity contribution in [2.45, 2.75) is 17.8 Å². The van der Waals surface area contributed by atoms with Gasteiger partial charge in [0.25, 0.3) is 5.91 Å². The van der Waals surface area contributed by atoms with Gasteiger partial charge in [0, 0.05) is 37.2 Å². The quantitative estimate of drug-likeness (QED) is 0.0990. The summed E-state index contributed by atoms with van der Waals surface area (Å²) in [5.74, 6) is -2.38. The Labute approximate surface area is 252 Å². The maximum Gasteiger partial charge on any atom is 1.00 e. The number of oxime groups is 1. The second kappa shape index (κ2) is 12.8. The average molecular weight is 584 g/mol. The van der Waals surface area contributed by atoms with Gasteiger partial charge in [-0.05, 0) is 11.6 Å². The fraction of sp³-hybridized carbons (Fsp3) is 0.318. The first kappa shape index (κ1) is 30.4. The molecule has 0 bridgehead atoms. The fourth-order valence-electron chi connectivity index (χ4n) is 3.59. The van der Waals surface area contributed by atoms with E-state index in [9.17, 15) is 24.6 Å². The van der Waals surface area contributed by atoms with E-state index in [1.807, 2.05) is 0 Å². The van der Waals surface area contributed by atoms with Gasteiger partial charge in [-0.1, -0.05) is 16.4 Å². The Morgan fingerprint density at radius 1 is 1.41 bits per heavy atom. The topological polar surface area (TPSA) is 200 Å². The maximum atomic E-state index is 12.9. The van der Waals surface area contributed by atoms with E-state index in [4.69, 9.17) is 15.1 Å². The van der Waals surface area contributed by atoms with Crippen LogP contribution in [0.2, 0.25) is 0 Å². The summed E-state index contributed by atoms with van der Waals surface area (Å²) in [6, 6.07) is 0.471. The van der Waals surface area contributed by atoms with Gasteiger partial charge in [0.15, 0.2) is 16.9 Å². The number of carbonyl (C=O) groups is 3.